The largest absolute Gasteiger partial charge is 0.497 e. The maximum absolute atomic E-state index is 13.7. The molecule has 2 fully saturated rings. The predicted molar refractivity (Wildman–Crippen MR) is 121 cm³/mol. The number of nitrogens with zero attached hydrogens (tertiary/aromatic N) is 2. The van der Waals surface area contributed by atoms with Gasteiger partial charge in [0, 0.05) is 11.7 Å². The van der Waals surface area contributed by atoms with Crippen molar-refractivity contribution in [1.82, 2.24) is 9.91 Å². The van der Waals surface area contributed by atoms with E-state index in [0.29, 0.717) is 11.5 Å². The van der Waals surface area contributed by atoms with E-state index in [1.807, 2.05) is 24.3 Å². The molecule has 0 bridgehead atoms. The van der Waals surface area contributed by atoms with Crippen LogP contribution < -0.4 is 10.2 Å². The van der Waals surface area contributed by atoms with Crippen LogP contribution in [0.3, 0.4) is 0 Å². The zero-order valence-electron chi connectivity index (χ0n) is 18.6. The van der Waals surface area contributed by atoms with Crippen LogP contribution in [0.1, 0.15) is 44.0 Å². The Bertz CT molecular complexity index is 1010. The summed E-state index contributed by atoms with van der Waals surface area (Å²) in [5, 5.41) is 12.8. The van der Waals surface area contributed by atoms with Crippen LogP contribution in [0.2, 0.25) is 0 Å². The third-order valence-corrected chi connectivity index (χ3v) is 6.94. The Morgan fingerprint density at radius 2 is 1.82 bits per heavy atom. The Morgan fingerprint density at radius 3 is 2.48 bits per heavy atom. The molecule has 33 heavy (non-hydrogen) atoms. The second-order valence-electron chi connectivity index (χ2n) is 8.89. The van der Waals surface area contributed by atoms with Gasteiger partial charge in [0.2, 0.25) is 11.8 Å². The van der Waals surface area contributed by atoms with E-state index in [2.05, 4.69) is 5.43 Å². The first-order valence-electron chi connectivity index (χ1n) is 11.5. The van der Waals surface area contributed by atoms with Crippen LogP contribution in [0.15, 0.2) is 59.2 Å². The third-order valence-electron chi connectivity index (χ3n) is 6.94. The average Bonchev–Trinajstić information content (AvgIpc) is 3.47. The molecule has 2 aliphatic heterocycles. The average molecular weight is 452 g/mol. The van der Waals surface area contributed by atoms with Crippen LogP contribution in [0.5, 0.6) is 5.75 Å². The number of aliphatic hydroxyl groups is 1. The second-order valence-corrected chi connectivity index (χ2v) is 8.89. The van der Waals surface area contributed by atoms with Crippen LogP contribution in [-0.2, 0) is 9.59 Å². The number of carbonyl (C=O) groups excluding carboxylic acids is 2. The van der Waals surface area contributed by atoms with Crippen molar-refractivity contribution in [2.24, 2.45) is 5.92 Å². The van der Waals surface area contributed by atoms with E-state index >= 15 is 0 Å². The molecule has 2 aromatic rings. The van der Waals surface area contributed by atoms with Gasteiger partial charge in [0.05, 0.1) is 25.3 Å². The number of fused-ring (bicyclic) bond motifs is 1. The molecule has 4 unspecified atom stereocenters. The van der Waals surface area contributed by atoms with Crippen molar-refractivity contribution in [2.45, 2.75) is 56.3 Å². The minimum Gasteiger partial charge on any atom is -0.497 e. The van der Waals surface area contributed by atoms with E-state index < -0.39 is 24.1 Å². The highest BCUT2D eigenvalue weighted by Gasteiger charge is 2.55. The number of nitrogens with one attached hydrogen (secondary N) is 1. The first-order valence-corrected chi connectivity index (χ1v) is 11.5. The van der Waals surface area contributed by atoms with Crippen molar-refractivity contribution < 1.29 is 23.8 Å². The molecule has 5 rings (SSSR count). The van der Waals surface area contributed by atoms with E-state index in [-0.39, 0.29) is 17.9 Å². The predicted octanol–water partition coefficient (Wildman–Crippen LogP) is 3.28. The van der Waals surface area contributed by atoms with Gasteiger partial charge in [0.15, 0.2) is 0 Å². The second kappa shape index (κ2) is 9.03. The van der Waals surface area contributed by atoms with Gasteiger partial charge >= 0.3 is 0 Å². The molecule has 0 spiro atoms. The summed E-state index contributed by atoms with van der Waals surface area (Å²) >= 11 is 0. The summed E-state index contributed by atoms with van der Waals surface area (Å²) < 4.78 is 10.7. The Morgan fingerprint density at radius 1 is 1.06 bits per heavy atom. The van der Waals surface area contributed by atoms with Gasteiger partial charge in [-0.2, -0.15) is 0 Å². The number of hydrogen-bond acceptors (Lipinski definition) is 7. The molecular formula is C25H29N3O5. The van der Waals surface area contributed by atoms with E-state index in [0.717, 1.165) is 37.8 Å². The zero-order valence-corrected chi connectivity index (χ0v) is 18.6. The van der Waals surface area contributed by atoms with E-state index in [1.165, 1.54) is 11.2 Å². The summed E-state index contributed by atoms with van der Waals surface area (Å²) in [7, 11) is 1.60. The summed E-state index contributed by atoms with van der Waals surface area (Å²) in [6.07, 6.45) is 8.95. The molecule has 8 nitrogen and oxygen atoms in total. The number of hydrazine groups is 1. The number of furan rings is 1. The molecule has 1 aromatic carbocycles. The quantitative estimate of drug-likeness (QED) is 0.514. The van der Waals surface area contributed by atoms with Gasteiger partial charge in [-0.1, -0.05) is 31.4 Å². The molecule has 3 heterocycles. The minimum absolute atomic E-state index is 0.0472. The topological polar surface area (TPSA) is 95.2 Å². The Hall–Kier alpha value is -3.10. The van der Waals surface area contributed by atoms with Gasteiger partial charge in [-0.25, -0.2) is 5.01 Å². The maximum atomic E-state index is 13.7. The van der Waals surface area contributed by atoms with Crippen molar-refractivity contribution in [2.75, 3.05) is 12.5 Å². The van der Waals surface area contributed by atoms with Crippen molar-refractivity contribution in [3.63, 3.8) is 0 Å². The first-order chi connectivity index (χ1) is 16.1. The van der Waals surface area contributed by atoms with Crippen LogP contribution >= 0.6 is 0 Å². The van der Waals surface area contributed by atoms with E-state index in [1.54, 1.807) is 36.4 Å². The molecule has 2 N–H and O–H groups in total. The van der Waals surface area contributed by atoms with Crippen LogP contribution in [-0.4, -0.2) is 52.1 Å². The lowest BCUT2D eigenvalue weighted by molar-refractivity contribution is -0.143. The summed E-state index contributed by atoms with van der Waals surface area (Å²) in [5.41, 5.74) is 4.02. The molecule has 4 atom stereocenters. The Balaban J connectivity index is 1.48. The molecule has 3 aliphatic rings. The van der Waals surface area contributed by atoms with Crippen LogP contribution in [0, 0.1) is 5.92 Å². The van der Waals surface area contributed by atoms with Crippen molar-refractivity contribution >= 4 is 17.5 Å². The number of likely N-dealkylation sites (tertiary alicyclic amines) is 1. The molecule has 1 aromatic heterocycles. The summed E-state index contributed by atoms with van der Waals surface area (Å²) in [6, 6.07) is 9.31. The van der Waals surface area contributed by atoms with E-state index in [4.69, 9.17) is 9.15 Å². The smallest absolute Gasteiger partial charge is 0.249 e. The van der Waals surface area contributed by atoms with Gasteiger partial charge in [-0.05, 0) is 49.2 Å². The number of aliphatic hydroxyl groups excluding tert-OH is 1. The lowest BCUT2D eigenvalue weighted by Crippen LogP contribution is -2.56. The highest BCUT2D eigenvalue weighted by molar-refractivity contribution is 6.08. The third kappa shape index (κ3) is 3.94. The number of rotatable bonds is 6. The molecule has 2 amide bonds. The highest BCUT2D eigenvalue weighted by atomic mass is 16.5. The van der Waals surface area contributed by atoms with Gasteiger partial charge < -0.3 is 19.7 Å². The molecule has 0 radical (unpaired) electrons. The fourth-order valence-electron chi connectivity index (χ4n) is 5.23. The van der Waals surface area contributed by atoms with Gasteiger partial charge in [-0.3, -0.25) is 14.5 Å². The number of hydrogen-bond donors (Lipinski definition) is 2. The number of imide groups is 1. The number of anilines is 1. The fourth-order valence-corrected chi connectivity index (χ4v) is 5.23. The lowest BCUT2D eigenvalue weighted by Gasteiger charge is -2.40. The fraction of sp³-hybridized carbons (Fsp3) is 0.440. The maximum Gasteiger partial charge on any atom is 0.249 e. The van der Waals surface area contributed by atoms with Gasteiger partial charge in [0.1, 0.15) is 23.7 Å². The number of amides is 2. The molecule has 8 heteroatoms. The molecule has 1 saturated carbocycles. The van der Waals surface area contributed by atoms with Crippen LogP contribution in [0.25, 0.3) is 0 Å². The molecule has 1 aliphatic carbocycles. The molecule has 174 valence electrons. The van der Waals surface area contributed by atoms with Crippen molar-refractivity contribution in [3.8, 4) is 5.75 Å². The van der Waals surface area contributed by atoms with E-state index in [9.17, 15) is 14.7 Å². The number of carbonyl (C=O) groups is 2. The summed E-state index contributed by atoms with van der Waals surface area (Å²) in [6.45, 7) is 0. The monoisotopic (exact) mass is 451 g/mol. The SMILES string of the molecule is COc1ccc(NN2C(C(O)c3ccco3)C=CC3C(=O)N(C4CCCCC4)C(=O)C32)cc1. The molecule has 1 saturated heterocycles. The molecular weight excluding hydrogens is 422 g/mol. The lowest BCUT2D eigenvalue weighted by atomic mass is 9.92. The minimum atomic E-state index is -1.02. The number of ether oxygens (including phenoxy) is 1. The van der Waals surface area contributed by atoms with Gasteiger partial charge in [-0.15, -0.1) is 0 Å². The Labute approximate surface area is 192 Å². The highest BCUT2D eigenvalue weighted by Crippen LogP contribution is 2.38. The standard InChI is InChI=1S/C25H29N3O5/c1-32-18-11-9-16(10-12-18)26-28-20(23(29)21-8-5-15-33-21)14-13-19-22(28)25(31)27(24(19)30)17-6-3-2-4-7-17/h5,8-15,17,19-20,22-23,26,29H,2-4,6-7H2,1H3. The van der Waals surface area contributed by atoms with Crippen molar-refractivity contribution in [3.05, 3.63) is 60.6 Å². The number of methoxy groups -OCH3 is 1. The summed E-state index contributed by atoms with van der Waals surface area (Å²) in [4.78, 5) is 28.5. The normalized spacial score (nSPS) is 27.0. The summed E-state index contributed by atoms with van der Waals surface area (Å²) in [5.74, 6) is 0.148. The van der Waals surface area contributed by atoms with Crippen LogP contribution in [0.4, 0.5) is 5.69 Å². The number of benzene rings is 1. The van der Waals surface area contributed by atoms with Crippen molar-refractivity contribution in [1.29, 1.82) is 0 Å². The zero-order chi connectivity index (χ0) is 22.9. The van der Waals surface area contributed by atoms with Gasteiger partial charge in [0.25, 0.3) is 0 Å². The first kappa shape index (κ1) is 21.7. The Kier molecular flexibility index (Phi) is 5.95.